The van der Waals surface area contributed by atoms with Crippen LogP contribution in [0.5, 0.6) is 0 Å². The van der Waals surface area contributed by atoms with Gasteiger partial charge in [0.2, 0.25) is 0 Å². The minimum absolute atomic E-state index is 0.559. The number of hydrogen-bond donors (Lipinski definition) is 1. The Hall–Kier alpha value is -1.93. The molecule has 0 aromatic heterocycles. The van der Waals surface area contributed by atoms with Gasteiger partial charge in [-0.1, -0.05) is 68.1 Å². The first-order chi connectivity index (χ1) is 11.8. The summed E-state index contributed by atoms with van der Waals surface area (Å²) >= 11 is 1.70. The quantitative estimate of drug-likeness (QED) is 0.575. The molecule has 2 heteroatoms. The van der Waals surface area contributed by atoms with Crippen molar-refractivity contribution in [1.29, 1.82) is 0 Å². The summed E-state index contributed by atoms with van der Waals surface area (Å²) in [7, 11) is 0. The highest BCUT2D eigenvalue weighted by atomic mass is 32.2. The SMILES string of the molecule is C=C(S/C=C(\C)Cc1cc(C)c(N)cc1C)c1ccc(C(C)C)cc1. The number of rotatable bonds is 6. The Labute approximate surface area is 157 Å². The molecule has 0 fully saturated rings. The Morgan fingerprint density at radius 2 is 1.76 bits per heavy atom. The number of hydrogen-bond acceptors (Lipinski definition) is 2. The predicted molar refractivity (Wildman–Crippen MR) is 115 cm³/mol. The van der Waals surface area contributed by atoms with E-state index >= 15 is 0 Å². The van der Waals surface area contributed by atoms with Gasteiger partial charge in [-0.3, -0.25) is 0 Å². The molecule has 0 unspecified atom stereocenters. The van der Waals surface area contributed by atoms with Crippen molar-refractivity contribution in [2.24, 2.45) is 0 Å². The zero-order chi connectivity index (χ0) is 18.6. The normalized spacial score (nSPS) is 11.8. The minimum atomic E-state index is 0.559. The monoisotopic (exact) mass is 351 g/mol. The molecule has 2 rings (SSSR count). The first-order valence-electron chi connectivity index (χ1n) is 8.75. The van der Waals surface area contributed by atoms with Crippen molar-refractivity contribution in [3.05, 3.63) is 81.8 Å². The van der Waals surface area contributed by atoms with Crippen molar-refractivity contribution in [2.75, 3.05) is 5.73 Å². The number of benzene rings is 2. The highest BCUT2D eigenvalue weighted by molar-refractivity contribution is 8.10. The van der Waals surface area contributed by atoms with Crippen LogP contribution in [-0.4, -0.2) is 0 Å². The standard InChI is InChI=1S/C23H29NS/c1-15(2)20-7-9-21(10-8-20)19(6)25-14-16(3)11-22-12-18(5)23(24)13-17(22)4/h7-10,12-15H,6,11,24H2,1-5H3/b16-14+. The van der Waals surface area contributed by atoms with Crippen LogP contribution in [0.3, 0.4) is 0 Å². The third kappa shape index (κ3) is 5.27. The molecule has 2 aromatic carbocycles. The van der Waals surface area contributed by atoms with E-state index in [-0.39, 0.29) is 0 Å². The summed E-state index contributed by atoms with van der Waals surface area (Å²) < 4.78 is 0. The van der Waals surface area contributed by atoms with Gasteiger partial charge in [0.15, 0.2) is 0 Å². The molecule has 0 amide bonds. The van der Waals surface area contributed by atoms with Crippen LogP contribution in [0.4, 0.5) is 5.69 Å². The van der Waals surface area contributed by atoms with Gasteiger partial charge in [0.25, 0.3) is 0 Å². The molecular weight excluding hydrogens is 322 g/mol. The molecule has 0 radical (unpaired) electrons. The molecule has 0 atom stereocenters. The van der Waals surface area contributed by atoms with Crippen LogP contribution in [0, 0.1) is 13.8 Å². The van der Waals surface area contributed by atoms with Crippen LogP contribution in [-0.2, 0) is 6.42 Å². The summed E-state index contributed by atoms with van der Waals surface area (Å²) in [5, 5.41) is 2.21. The maximum absolute atomic E-state index is 5.98. The van der Waals surface area contributed by atoms with Gasteiger partial charge in [0, 0.05) is 10.6 Å². The first kappa shape index (κ1) is 19.4. The van der Waals surface area contributed by atoms with E-state index in [1.165, 1.54) is 27.8 Å². The summed E-state index contributed by atoms with van der Waals surface area (Å²) in [5.74, 6) is 0.559. The number of anilines is 1. The van der Waals surface area contributed by atoms with Crippen molar-refractivity contribution in [2.45, 2.75) is 47.0 Å². The van der Waals surface area contributed by atoms with E-state index in [0.29, 0.717) is 5.92 Å². The van der Waals surface area contributed by atoms with Crippen LogP contribution < -0.4 is 5.73 Å². The average molecular weight is 352 g/mol. The predicted octanol–water partition coefficient (Wildman–Crippen LogP) is 6.86. The summed E-state index contributed by atoms with van der Waals surface area (Å²) in [4.78, 5) is 1.08. The molecule has 132 valence electrons. The molecule has 2 aromatic rings. The van der Waals surface area contributed by atoms with Gasteiger partial charge < -0.3 is 5.73 Å². The fourth-order valence-electron chi connectivity index (χ4n) is 2.72. The lowest BCUT2D eigenvalue weighted by Crippen LogP contribution is -1.96. The Balaban J connectivity index is 2.03. The third-order valence-corrected chi connectivity index (χ3v) is 5.54. The van der Waals surface area contributed by atoms with Gasteiger partial charge in [-0.05, 0) is 72.4 Å². The van der Waals surface area contributed by atoms with Crippen molar-refractivity contribution >= 4 is 22.4 Å². The molecule has 0 aliphatic heterocycles. The van der Waals surface area contributed by atoms with Crippen LogP contribution in [0.1, 0.15) is 54.5 Å². The van der Waals surface area contributed by atoms with Crippen molar-refractivity contribution < 1.29 is 0 Å². The van der Waals surface area contributed by atoms with Crippen molar-refractivity contribution in [3.8, 4) is 0 Å². The van der Waals surface area contributed by atoms with Crippen LogP contribution in [0.25, 0.3) is 4.91 Å². The van der Waals surface area contributed by atoms with E-state index in [2.05, 4.69) is 83.0 Å². The van der Waals surface area contributed by atoms with E-state index in [9.17, 15) is 0 Å². The number of nitrogens with two attached hydrogens (primary N) is 1. The van der Waals surface area contributed by atoms with Gasteiger partial charge in [0.1, 0.15) is 0 Å². The van der Waals surface area contributed by atoms with Gasteiger partial charge in [0.05, 0.1) is 0 Å². The van der Waals surface area contributed by atoms with Crippen LogP contribution in [0.2, 0.25) is 0 Å². The highest BCUT2D eigenvalue weighted by Gasteiger charge is 2.05. The smallest absolute Gasteiger partial charge is 0.0346 e. The maximum atomic E-state index is 5.98. The minimum Gasteiger partial charge on any atom is -0.399 e. The third-order valence-electron chi connectivity index (χ3n) is 4.50. The van der Waals surface area contributed by atoms with E-state index in [0.717, 1.165) is 22.6 Å². The molecule has 2 N–H and O–H groups in total. The lowest BCUT2D eigenvalue weighted by molar-refractivity contribution is 0.866. The molecule has 25 heavy (non-hydrogen) atoms. The highest BCUT2D eigenvalue weighted by Crippen LogP contribution is 2.29. The fraction of sp³-hybridized carbons (Fsp3) is 0.304. The van der Waals surface area contributed by atoms with Crippen molar-refractivity contribution in [3.63, 3.8) is 0 Å². The van der Waals surface area contributed by atoms with Crippen molar-refractivity contribution in [1.82, 2.24) is 0 Å². The number of nitrogen functional groups attached to an aromatic ring is 1. The second-order valence-corrected chi connectivity index (χ2v) is 8.06. The second-order valence-electron chi connectivity index (χ2n) is 7.09. The van der Waals surface area contributed by atoms with E-state index in [1.807, 2.05) is 0 Å². The molecule has 0 saturated carbocycles. The molecule has 0 aliphatic rings. The van der Waals surface area contributed by atoms with Gasteiger partial charge in [-0.15, -0.1) is 0 Å². The molecular formula is C23H29NS. The summed E-state index contributed by atoms with van der Waals surface area (Å²) in [5.41, 5.74) is 14.5. The fourth-order valence-corrected chi connectivity index (χ4v) is 3.42. The average Bonchev–Trinajstić information content (AvgIpc) is 2.57. The number of thioether (sulfide) groups is 1. The van der Waals surface area contributed by atoms with Gasteiger partial charge in [-0.2, -0.15) is 0 Å². The summed E-state index contributed by atoms with van der Waals surface area (Å²) in [6.07, 6.45) is 0.944. The topological polar surface area (TPSA) is 26.0 Å². The Morgan fingerprint density at radius 1 is 1.12 bits per heavy atom. The lowest BCUT2D eigenvalue weighted by Gasteiger charge is -2.11. The van der Waals surface area contributed by atoms with E-state index < -0.39 is 0 Å². The second kappa shape index (κ2) is 8.44. The molecule has 1 nitrogen and oxygen atoms in total. The van der Waals surface area contributed by atoms with E-state index in [4.69, 9.17) is 5.73 Å². The summed E-state index contributed by atoms with van der Waals surface area (Å²) in [6, 6.07) is 13.0. The lowest BCUT2D eigenvalue weighted by atomic mass is 9.99. The zero-order valence-corrected chi connectivity index (χ0v) is 16.8. The van der Waals surface area contributed by atoms with Crippen LogP contribution >= 0.6 is 11.8 Å². The van der Waals surface area contributed by atoms with Gasteiger partial charge >= 0.3 is 0 Å². The molecule has 0 saturated heterocycles. The van der Waals surface area contributed by atoms with Crippen LogP contribution in [0.15, 0.2) is 54.0 Å². The molecule has 0 heterocycles. The Bertz CT molecular complexity index is 782. The number of allylic oxidation sites excluding steroid dienone is 1. The maximum Gasteiger partial charge on any atom is 0.0346 e. The Kier molecular flexibility index (Phi) is 6.55. The first-order valence-corrected chi connectivity index (χ1v) is 9.63. The zero-order valence-electron chi connectivity index (χ0n) is 16.0. The Morgan fingerprint density at radius 3 is 2.36 bits per heavy atom. The van der Waals surface area contributed by atoms with Gasteiger partial charge in [-0.25, -0.2) is 0 Å². The molecule has 0 aliphatic carbocycles. The van der Waals surface area contributed by atoms with E-state index in [1.54, 1.807) is 11.8 Å². The molecule has 0 bridgehead atoms. The largest absolute Gasteiger partial charge is 0.399 e. The molecule has 0 spiro atoms. The summed E-state index contributed by atoms with van der Waals surface area (Å²) in [6.45, 7) is 15.0. The number of aryl methyl sites for hydroxylation is 2.